The summed E-state index contributed by atoms with van der Waals surface area (Å²) in [6.45, 7) is 0.742. The number of hydrogen-bond acceptors (Lipinski definition) is 4. The number of fused-ring (bicyclic) bond motifs is 1. The quantitative estimate of drug-likeness (QED) is 0.827. The van der Waals surface area contributed by atoms with Crippen molar-refractivity contribution in [2.75, 3.05) is 13.1 Å². The molecule has 1 saturated heterocycles. The van der Waals surface area contributed by atoms with Gasteiger partial charge in [0.05, 0.1) is 11.0 Å². The summed E-state index contributed by atoms with van der Waals surface area (Å²) in [5.74, 6) is 0.237. The molecular formula is C12H15ClN2O4S. The lowest BCUT2D eigenvalue weighted by Gasteiger charge is -2.18. The third-order valence-electron chi connectivity index (χ3n) is 4.25. The normalized spacial score (nSPS) is 30.6. The van der Waals surface area contributed by atoms with Gasteiger partial charge in [0.25, 0.3) is 5.56 Å². The van der Waals surface area contributed by atoms with Crippen LogP contribution in [0, 0.1) is 11.8 Å². The standard InChI is InChI=1S/C12H15ClN2O4S/c13-10-3-8(4-14-12(10)17)20(18,19)15-5-7-1-2-11(16)9(7)6-15/h3-4,7,9,11,16H,1-2,5-6H2,(H,14,17). The van der Waals surface area contributed by atoms with E-state index < -0.39 is 21.7 Å². The number of H-pyrrole nitrogens is 1. The number of nitrogens with one attached hydrogen (secondary N) is 1. The maximum atomic E-state index is 12.5. The highest BCUT2D eigenvalue weighted by Gasteiger charge is 2.45. The maximum absolute atomic E-state index is 12.5. The highest BCUT2D eigenvalue weighted by Crippen LogP contribution is 2.40. The molecular weight excluding hydrogens is 304 g/mol. The van der Waals surface area contributed by atoms with Gasteiger partial charge in [-0.1, -0.05) is 11.6 Å². The minimum absolute atomic E-state index is 0.0167. The molecule has 1 aliphatic heterocycles. The molecule has 6 nitrogen and oxygen atoms in total. The van der Waals surface area contributed by atoms with Gasteiger partial charge in [-0.25, -0.2) is 8.42 Å². The number of hydrogen-bond donors (Lipinski definition) is 2. The first kappa shape index (κ1) is 14.1. The number of aromatic nitrogens is 1. The summed E-state index contributed by atoms with van der Waals surface area (Å²) in [6.07, 6.45) is 2.34. The molecule has 3 rings (SSSR count). The third kappa shape index (κ3) is 2.18. The van der Waals surface area contributed by atoms with Gasteiger partial charge in [-0.3, -0.25) is 4.79 Å². The van der Waals surface area contributed by atoms with Crippen molar-refractivity contribution in [3.63, 3.8) is 0 Å². The zero-order valence-electron chi connectivity index (χ0n) is 10.6. The number of aliphatic hydroxyl groups is 1. The molecule has 110 valence electrons. The number of aromatic amines is 1. The fraction of sp³-hybridized carbons (Fsp3) is 0.583. The van der Waals surface area contributed by atoms with Gasteiger partial charge in [-0.15, -0.1) is 0 Å². The predicted molar refractivity (Wildman–Crippen MR) is 73.1 cm³/mol. The monoisotopic (exact) mass is 318 g/mol. The molecule has 0 radical (unpaired) electrons. The minimum atomic E-state index is -3.68. The summed E-state index contributed by atoms with van der Waals surface area (Å²) < 4.78 is 26.4. The zero-order chi connectivity index (χ0) is 14.5. The van der Waals surface area contributed by atoms with Crippen LogP contribution in [0.25, 0.3) is 0 Å². The average molecular weight is 319 g/mol. The van der Waals surface area contributed by atoms with Crippen LogP contribution >= 0.6 is 11.6 Å². The number of rotatable bonds is 2. The second-order valence-electron chi connectivity index (χ2n) is 5.40. The zero-order valence-corrected chi connectivity index (χ0v) is 12.2. The van der Waals surface area contributed by atoms with Crippen molar-refractivity contribution in [3.8, 4) is 0 Å². The van der Waals surface area contributed by atoms with Gasteiger partial charge in [-0.2, -0.15) is 4.31 Å². The van der Waals surface area contributed by atoms with E-state index in [1.165, 1.54) is 10.4 Å². The first-order valence-electron chi connectivity index (χ1n) is 6.46. The first-order valence-corrected chi connectivity index (χ1v) is 8.28. The molecule has 20 heavy (non-hydrogen) atoms. The van der Waals surface area contributed by atoms with Crippen LogP contribution in [-0.4, -0.2) is 42.0 Å². The fourth-order valence-corrected chi connectivity index (χ4v) is 4.89. The van der Waals surface area contributed by atoms with Gasteiger partial charge in [0.1, 0.15) is 5.02 Å². The highest BCUT2D eigenvalue weighted by atomic mass is 35.5. The van der Waals surface area contributed by atoms with Gasteiger partial charge >= 0.3 is 0 Å². The molecule has 2 fully saturated rings. The molecule has 2 aliphatic rings. The SMILES string of the molecule is O=c1[nH]cc(S(=O)(=O)N2CC3CCC(O)C3C2)cc1Cl. The highest BCUT2D eigenvalue weighted by molar-refractivity contribution is 7.89. The van der Waals surface area contributed by atoms with Gasteiger partial charge in [-0.05, 0) is 24.8 Å². The second kappa shape index (κ2) is 4.84. The molecule has 3 atom stereocenters. The smallest absolute Gasteiger partial charge is 0.266 e. The molecule has 0 aromatic carbocycles. The fourth-order valence-electron chi connectivity index (χ4n) is 3.13. The van der Waals surface area contributed by atoms with Crippen LogP contribution in [0.5, 0.6) is 0 Å². The summed E-state index contributed by atoms with van der Waals surface area (Å²) in [4.78, 5) is 13.5. The Labute approximate surface area is 121 Å². The van der Waals surface area contributed by atoms with Crippen molar-refractivity contribution >= 4 is 21.6 Å². The van der Waals surface area contributed by atoms with Crippen LogP contribution in [0.2, 0.25) is 5.02 Å². The van der Waals surface area contributed by atoms with E-state index in [9.17, 15) is 18.3 Å². The van der Waals surface area contributed by atoms with Crippen LogP contribution in [0.3, 0.4) is 0 Å². The lowest BCUT2D eigenvalue weighted by molar-refractivity contribution is 0.129. The van der Waals surface area contributed by atoms with Crippen molar-refractivity contribution in [2.24, 2.45) is 11.8 Å². The van der Waals surface area contributed by atoms with Crippen LogP contribution in [0.15, 0.2) is 22.0 Å². The summed E-state index contributed by atoms with van der Waals surface area (Å²) in [5, 5.41) is 9.70. The Bertz CT molecular complexity index is 687. The van der Waals surface area contributed by atoms with E-state index in [1.54, 1.807) is 0 Å². The third-order valence-corrected chi connectivity index (χ3v) is 6.34. The van der Waals surface area contributed by atoms with Crippen LogP contribution in [0.1, 0.15) is 12.8 Å². The molecule has 1 aromatic heterocycles. The van der Waals surface area contributed by atoms with E-state index in [2.05, 4.69) is 4.98 Å². The molecule has 3 unspecified atom stereocenters. The Hall–Kier alpha value is -0.890. The van der Waals surface area contributed by atoms with Crippen molar-refractivity contribution in [2.45, 2.75) is 23.8 Å². The van der Waals surface area contributed by atoms with Crippen LogP contribution in [0.4, 0.5) is 0 Å². The molecule has 1 aliphatic carbocycles. The van der Waals surface area contributed by atoms with E-state index in [0.29, 0.717) is 13.1 Å². The van der Waals surface area contributed by atoms with Gasteiger partial charge in [0, 0.05) is 25.2 Å². The molecule has 1 saturated carbocycles. The van der Waals surface area contributed by atoms with E-state index in [0.717, 1.165) is 19.0 Å². The Kier molecular flexibility index (Phi) is 3.40. The number of nitrogens with zero attached hydrogens (tertiary/aromatic N) is 1. The molecule has 0 amide bonds. The van der Waals surface area contributed by atoms with Crippen molar-refractivity contribution in [3.05, 3.63) is 27.6 Å². The van der Waals surface area contributed by atoms with Gasteiger partial charge in [0.2, 0.25) is 10.0 Å². The lowest BCUT2D eigenvalue weighted by atomic mass is 10.00. The van der Waals surface area contributed by atoms with Crippen LogP contribution in [-0.2, 0) is 10.0 Å². The van der Waals surface area contributed by atoms with Gasteiger partial charge < -0.3 is 10.1 Å². The molecule has 2 N–H and O–H groups in total. The summed E-state index contributed by atoms with van der Waals surface area (Å²) >= 11 is 5.68. The van der Waals surface area contributed by atoms with E-state index >= 15 is 0 Å². The second-order valence-corrected chi connectivity index (χ2v) is 7.75. The number of halogens is 1. The van der Waals surface area contributed by atoms with E-state index in [4.69, 9.17) is 11.6 Å². The summed E-state index contributed by atoms with van der Waals surface area (Å²) in [5.41, 5.74) is -0.515. The topological polar surface area (TPSA) is 90.5 Å². The lowest BCUT2D eigenvalue weighted by Crippen LogP contribution is -2.31. The Morgan fingerprint density at radius 3 is 2.75 bits per heavy atom. The van der Waals surface area contributed by atoms with Gasteiger partial charge in [0.15, 0.2) is 0 Å². The largest absolute Gasteiger partial charge is 0.393 e. The van der Waals surface area contributed by atoms with Crippen LogP contribution < -0.4 is 5.56 Å². The minimum Gasteiger partial charge on any atom is -0.393 e. The average Bonchev–Trinajstić information content (AvgIpc) is 2.96. The Balaban J connectivity index is 1.89. The summed E-state index contributed by atoms with van der Waals surface area (Å²) in [6, 6.07) is 1.17. The molecule has 8 heteroatoms. The van der Waals surface area contributed by atoms with Crippen molar-refractivity contribution < 1.29 is 13.5 Å². The molecule has 0 bridgehead atoms. The predicted octanol–water partition coefficient (Wildman–Crippen LogP) is 0.420. The Morgan fingerprint density at radius 1 is 1.35 bits per heavy atom. The number of sulfonamides is 1. The molecule has 0 spiro atoms. The first-order chi connectivity index (χ1) is 9.39. The Morgan fingerprint density at radius 2 is 2.10 bits per heavy atom. The van der Waals surface area contributed by atoms with Crippen molar-refractivity contribution in [1.82, 2.24) is 9.29 Å². The number of pyridine rings is 1. The maximum Gasteiger partial charge on any atom is 0.266 e. The molecule has 1 aromatic rings. The summed E-state index contributed by atoms with van der Waals surface area (Å²) in [7, 11) is -3.68. The van der Waals surface area contributed by atoms with Crippen molar-refractivity contribution in [1.29, 1.82) is 0 Å². The van der Waals surface area contributed by atoms with E-state index in [1.807, 2.05) is 0 Å². The number of aliphatic hydroxyl groups excluding tert-OH is 1. The molecule has 2 heterocycles. The van der Waals surface area contributed by atoms with E-state index in [-0.39, 0.29) is 21.8 Å².